The molecule has 0 bridgehead atoms. The van der Waals surface area contributed by atoms with Crippen molar-refractivity contribution in [3.8, 4) is 0 Å². The maximum absolute atomic E-state index is 12.4. The maximum atomic E-state index is 12.4. The monoisotopic (exact) mass is 415 g/mol. The Balaban J connectivity index is 1.61. The fourth-order valence-corrected chi connectivity index (χ4v) is 3.82. The number of benzene rings is 2. The molecule has 2 N–H and O–H groups in total. The summed E-state index contributed by atoms with van der Waals surface area (Å²) in [5, 5.41) is 6.70. The van der Waals surface area contributed by atoms with Gasteiger partial charge in [0, 0.05) is 24.3 Å². The van der Waals surface area contributed by atoms with Crippen LogP contribution in [0.2, 0.25) is 5.02 Å². The number of nitrogens with zero attached hydrogens (tertiary/aromatic N) is 1. The van der Waals surface area contributed by atoms with Gasteiger partial charge in [0.05, 0.1) is 10.7 Å². The molecule has 0 radical (unpaired) electrons. The molecule has 3 rings (SSSR count). The zero-order valence-corrected chi connectivity index (χ0v) is 18.1. The lowest BCUT2D eigenvalue weighted by Crippen LogP contribution is -2.34. The van der Waals surface area contributed by atoms with E-state index in [0.717, 1.165) is 41.5 Å². The molecule has 1 heterocycles. The summed E-state index contributed by atoms with van der Waals surface area (Å²) in [6.07, 6.45) is 2.37. The normalized spacial score (nSPS) is 14.6. The van der Waals surface area contributed by atoms with Crippen LogP contribution in [0.1, 0.15) is 41.3 Å². The number of hydrogen-bond donors (Lipinski definition) is 2. The Labute approximate surface area is 177 Å². The zero-order chi connectivity index (χ0) is 20.3. The fraction of sp³-hybridized carbons (Fsp3) is 0.364. The molecule has 1 amide bonds. The van der Waals surface area contributed by atoms with Crippen molar-refractivity contribution in [1.82, 2.24) is 5.32 Å². The summed E-state index contributed by atoms with van der Waals surface area (Å²) in [6.45, 7) is 8.34. The van der Waals surface area contributed by atoms with Crippen molar-refractivity contribution < 1.29 is 4.79 Å². The molecule has 28 heavy (non-hydrogen) atoms. The van der Waals surface area contributed by atoms with Gasteiger partial charge in [-0.15, -0.1) is 0 Å². The minimum atomic E-state index is -0.231. The lowest BCUT2D eigenvalue weighted by atomic mass is 9.99. The van der Waals surface area contributed by atoms with E-state index in [1.165, 1.54) is 12.8 Å². The van der Waals surface area contributed by atoms with Gasteiger partial charge in [0.2, 0.25) is 0 Å². The number of amides is 1. The molecule has 1 aliphatic rings. The summed E-state index contributed by atoms with van der Waals surface area (Å²) >= 11 is 11.8. The molecule has 6 heteroatoms. The molecule has 4 nitrogen and oxygen atoms in total. The second-order valence-corrected chi connectivity index (χ2v) is 8.36. The first-order valence-corrected chi connectivity index (χ1v) is 10.4. The van der Waals surface area contributed by atoms with Crippen molar-refractivity contribution >= 4 is 46.2 Å². The average molecular weight is 416 g/mol. The van der Waals surface area contributed by atoms with Gasteiger partial charge in [0.15, 0.2) is 5.11 Å². The number of halogens is 1. The second kappa shape index (κ2) is 8.93. The minimum absolute atomic E-state index is 0.231. The Morgan fingerprint density at radius 2 is 1.82 bits per heavy atom. The van der Waals surface area contributed by atoms with Crippen molar-refractivity contribution in [2.75, 3.05) is 23.3 Å². The van der Waals surface area contributed by atoms with Gasteiger partial charge >= 0.3 is 0 Å². The van der Waals surface area contributed by atoms with Crippen LogP contribution in [0.3, 0.4) is 0 Å². The van der Waals surface area contributed by atoms with E-state index in [9.17, 15) is 4.79 Å². The van der Waals surface area contributed by atoms with Crippen LogP contribution in [0, 0.1) is 19.8 Å². The summed E-state index contributed by atoms with van der Waals surface area (Å²) in [4.78, 5) is 14.7. The standard InChI is InChI=1S/C22H26ClN3OS/c1-14-8-10-26(11-9-14)20-7-6-18(13-19(20)23)24-22(28)25-21(27)17-5-4-15(2)16(3)12-17/h4-7,12-14H,8-11H2,1-3H3,(H2,24,25,27,28). The number of aryl methyl sites for hydroxylation is 2. The number of thiocarbonyl (C=S) groups is 1. The molecule has 0 atom stereocenters. The van der Waals surface area contributed by atoms with E-state index >= 15 is 0 Å². The van der Waals surface area contributed by atoms with Crippen LogP contribution >= 0.6 is 23.8 Å². The van der Waals surface area contributed by atoms with E-state index in [1.54, 1.807) is 6.07 Å². The molecule has 1 fully saturated rings. The highest BCUT2D eigenvalue weighted by molar-refractivity contribution is 7.80. The Kier molecular flexibility index (Phi) is 6.57. The van der Waals surface area contributed by atoms with E-state index in [4.69, 9.17) is 23.8 Å². The first-order chi connectivity index (χ1) is 13.3. The SMILES string of the molecule is Cc1ccc(C(=O)NC(=S)Nc2ccc(N3CCC(C)CC3)c(Cl)c2)cc1C. The number of carbonyl (C=O) groups is 1. The van der Waals surface area contributed by atoms with Gasteiger partial charge in [-0.2, -0.15) is 0 Å². The fourth-order valence-electron chi connectivity index (χ4n) is 3.31. The third kappa shape index (κ3) is 5.03. The number of anilines is 2. The Hall–Kier alpha value is -2.11. The first kappa shape index (κ1) is 20.6. The average Bonchev–Trinajstić information content (AvgIpc) is 2.65. The summed E-state index contributed by atoms with van der Waals surface area (Å²) < 4.78 is 0. The van der Waals surface area contributed by atoms with Gasteiger partial charge in [-0.3, -0.25) is 10.1 Å². The highest BCUT2D eigenvalue weighted by Gasteiger charge is 2.18. The van der Waals surface area contributed by atoms with E-state index in [2.05, 4.69) is 22.5 Å². The quantitative estimate of drug-likeness (QED) is 0.666. The topological polar surface area (TPSA) is 44.4 Å². The Morgan fingerprint density at radius 3 is 2.46 bits per heavy atom. The van der Waals surface area contributed by atoms with Crippen LogP contribution in [0.4, 0.5) is 11.4 Å². The van der Waals surface area contributed by atoms with E-state index in [-0.39, 0.29) is 11.0 Å². The van der Waals surface area contributed by atoms with Gasteiger partial charge in [0.1, 0.15) is 0 Å². The number of carbonyl (C=O) groups excluding carboxylic acids is 1. The van der Waals surface area contributed by atoms with Gasteiger partial charge in [-0.25, -0.2) is 0 Å². The van der Waals surface area contributed by atoms with Gasteiger partial charge in [-0.05, 0) is 86.3 Å². The van der Waals surface area contributed by atoms with Crippen LogP contribution in [0.5, 0.6) is 0 Å². The molecule has 1 aliphatic heterocycles. The van der Waals surface area contributed by atoms with Crippen LogP contribution in [0.25, 0.3) is 0 Å². The van der Waals surface area contributed by atoms with Crippen LogP contribution in [-0.2, 0) is 0 Å². The van der Waals surface area contributed by atoms with Crippen molar-refractivity contribution in [3.63, 3.8) is 0 Å². The van der Waals surface area contributed by atoms with Crippen LogP contribution < -0.4 is 15.5 Å². The molecule has 2 aromatic rings. The van der Waals surface area contributed by atoms with Gasteiger partial charge in [-0.1, -0.05) is 24.6 Å². The van der Waals surface area contributed by atoms with Crippen molar-refractivity contribution in [2.24, 2.45) is 5.92 Å². The molecular formula is C22H26ClN3OS. The summed E-state index contributed by atoms with van der Waals surface area (Å²) in [6, 6.07) is 11.4. The predicted octanol–water partition coefficient (Wildman–Crippen LogP) is 5.32. The van der Waals surface area contributed by atoms with Crippen molar-refractivity contribution in [2.45, 2.75) is 33.6 Å². The van der Waals surface area contributed by atoms with E-state index in [0.29, 0.717) is 10.6 Å². The maximum Gasteiger partial charge on any atom is 0.257 e. The van der Waals surface area contributed by atoms with Crippen molar-refractivity contribution in [1.29, 1.82) is 0 Å². The molecule has 0 unspecified atom stereocenters. The lowest BCUT2D eigenvalue weighted by Gasteiger charge is -2.32. The van der Waals surface area contributed by atoms with Gasteiger partial charge < -0.3 is 10.2 Å². The Bertz CT molecular complexity index is 891. The lowest BCUT2D eigenvalue weighted by molar-refractivity contribution is 0.0977. The van der Waals surface area contributed by atoms with E-state index < -0.39 is 0 Å². The predicted molar refractivity (Wildman–Crippen MR) is 122 cm³/mol. The highest BCUT2D eigenvalue weighted by atomic mass is 35.5. The molecule has 0 aromatic heterocycles. The molecule has 0 aliphatic carbocycles. The molecule has 0 saturated carbocycles. The number of nitrogens with one attached hydrogen (secondary N) is 2. The minimum Gasteiger partial charge on any atom is -0.370 e. The summed E-state index contributed by atoms with van der Waals surface area (Å²) in [5.41, 5.74) is 4.60. The first-order valence-electron chi connectivity index (χ1n) is 9.57. The summed E-state index contributed by atoms with van der Waals surface area (Å²) in [5.74, 6) is 0.542. The smallest absolute Gasteiger partial charge is 0.257 e. The largest absolute Gasteiger partial charge is 0.370 e. The highest BCUT2D eigenvalue weighted by Crippen LogP contribution is 2.31. The van der Waals surface area contributed by atoms with Gasteiger partial charge in [0.25, 0.3) is 5.91 Å². The third-order valence-electron chi connectivity index (χ3n) is 5.33. The number of hydrogen-bond acceptors (Lipinski definition) is 3. The number of rotatable bonds is 3. The van der Waals surface area contributed by atoms with Crippen LogP contribution in [0.15, 0.2) is 36.4 Å². The number of piperidine rings is 1. The van der Waals surface area contributed by atoms with Crippen molar-refractivity contribution in [3.05, 3.63) is 58.1 Å². The Morgan fingerprint density at radius 1 is 1.11 bits per heavy atom. The zero-order valence-electron chi connectivity index (χ0n) is 16.5. The molecule has 2 aromatic carbocycles. The third-order valence-corrected chi connectivity index (χ3v) is 5.83. The van der Waals surface area contributed by atoms with E-state index in [1.807, 2.05) is 44.2 Å². The molecule has 148 valence electrons. The molecule has 0 spiro atoms. The summed E-state index contributed by atoms with van der Waals surface area (Å²) in [7, 11) is 0. The second-order valence-electron chi connectivity index (χ2n) is 7.54. The molecule has 1 saturated heterocycles. The molecular weight excluding hydrogens is 390 g/mol. The van der Waals surface area contributed by atoms with Crippen LogP contribution in [-0.4, -0.2) is 24.1 Å².